The molecule has 0 spiro atoms. The van der Waals surface area contributed by atoms with Gasteiger partial charge in [-0.05, 0) is 80.8 Å². The lowest BCUT2D eigenvalue weighted by atomic mass is 9.54. The van der Waals surface area contributed by atoms with E-state index in [1.165, 1.54) is 19.3 Å². The van der Waals surface area contributed by atoms with Crippen LogP contribution in [0.25, 0.3) is 0 Å². The van der Waals surface area contributed by atoms with Crippen LogP contribution in [0.5, 0.6) is 0 Å². The van der Waals surface area contributed by atoms with Gasteiger partial charge in [0.25, 0.3) is 0 Å². The number of amides is 1. The molecule has 4 aliphatic carbocycles. The topological polar surface area (TPSA) is 73.9 Å². The molecular formula is C31H40NO5PS. The summed E-state index contributed by atoms with van der Waals surface area (Å²) in [6, 6.07) is 19.7. The summed E-state index contributed by atoms with van der Waals surface area (Å²) in [6.07, 6.45) is 4.83. The third-order valence-corrected chi connectivity index (χ3v) is 12.8. The lowest BCUT2D eigenvalue weighted by Crippen LogP contribution is -2.52. The monoisotopic (exact) mass is 569 g/mol. The number of ether oxygens (including phenoxy) is 2. The Balaban J connectivity index is 1.40. The lowest BCUT2D eigenvalue weighted by molar-refractivity contribution is -0.142. The predicted molar refractivity (Wildman–Crippen MR) is 156 cm³/mol. The van der Waals surface area contributed by atoms with E-state index in [0.717, 1.165) is 30.4 Å². The Labute approximate surface area is 237 Å². The molecule has 6 rings (SSSR count). The maximum Gasteiger partial charge on any atom is 0.408 e. The summed E-state index contributed by atoms with van der Waals surface area (Å²) in [7, 11) is 0. The minimum Gasteiger partial charge on any atom is -0.466 e. The van der Waals surface area contributed by atoms with Crippen molar-refractivity contribution in [2.45, 2.75) is 76.3 Å². The Kier molecular flexibility index (Phi) is 9.10. The van der Waals surface area contributed by atoms with E-state index in [2.05, 4.69) is 5.32 Å². The summed E-state index contributed by atoms with van der Waals surface area (Å²) in [6.45, 7) is 2.31. The Hall–Kier alpha value is -2.21. The average molecular weight is 570 g/mol. The Morgan fingerprint density at radius 2 is 1.49 bits per heavy atom. The highest BCUT2D eigenvalue weighted by molar-refractivity contribution is 8.12. The summed E-state index contributed by atoms with van der Waals surface area (Å²) < 4.78 is 18.1. The van der Waals surface area contributed by atoms with Gasteiger partial charge in [0.1, 0.15) is 6.61 Å². The number of rotatable bonds is 12. The van der Waals surface area contributed by atoms with E-state index in [4.69, 9.17) is 25.8 Å². The highest BCUT2D eigenvalue weighted by Gasteiger charge is 2.54. The van der Waals surface area contributed by atoms with Gasteiger partial charge in [-0.2, -0.15) is 0 Å². The molecule has 0 saturated heterocycles. The van der Waals surface area contributed by atoms with Crippen LogP contribution < -0.4 is 5.32 Å². The number of alkyl carbamates (subject to hydrolysis) is 1. The molecule has 210 valence electrons. The molecule has 4 saturated carbocycles. The third kappa shape index (κ3) is 7.31. The number of hydrogen-bond acceptors (Lipinski definition) is 6. The number of esters is 1. The van der Waals surface area contributed by atoms with Gasteiger partial charge in [-0.25, -0.2) is 4.79 Å². The smallest absolute Gasteiger partial charge is 0.408 e. The molecule has 0 aromatic heterocycles. The van der Waals surface area contributed by atoms with Crippen molar-refractivity contribution in [1.29, 1.82) is 0 Å². The molecule has 1 N–H and O–H groups in total. The van der Waals surface area contributed by atoms with Crippen molar-refractivity contribution in [2.24, 2.45) is 17.8 Å². The number of nitrogens with one attached hydrogen (secondary N) is 1. The third-order valence-electron chi connectivity index (χ3n) is 8.51. The fourth-order valence-electron chi connectivity index (χ4n) is 7.24. The summed E-state index contributed by atoms with van der Waals surface area (Å²) in [5, 5.41) is 3.12. The van der Waals surface area contributed by atoms with Crippen LogP contribution in [0.2, 0.25) is 0 Å². The van der Waals surface area contributed by atoms with Crippen LogP contribution in [-0.4, -0.2) is 36.2 Å². The summed E-state index contributed by atoms with van der Waals surface area (Å²) in [5.74, 6) is 1.36. The Bertz CT molecular complexity index is 1140. The molecular weight excluding hydrogens is 529 g/mol. The molecule has 0 radical (unpaired) electrons. The van der Waals surface area contributed by atoms with E-state index in [-0.39, 0.29) is 24.6 Å². The number of benzene rings is 2. The van der Waals surface area contributed by atoms with Crippen molar-refractivity contribution in [3.63, 3.8) is 0 Å². The van der Waals surface area contributed by atoms with Gasteiger partial charge in [0.15, 0.2) is 0 Å². The molecule has 4 bridgehead atoms. The Morgan fingerprint density at radius 3 is 2.05 bits per heavy atom. The quantitative estimate of drug-likeness (QED) is 0.224. The van der Waals surface area contributed by atoms with Crippen LogP contribution in [0.15, 0.2) is 60.7 Å². The molecule has 4 aliphatic rings. The van der Waals surface area contributed by atoms with Gasteiger partial charge in [-0.1, -0.05) is 72.5 Å². The van der Waals surface area contributed by atoms with Crippen molar-refractivity contribution >= 4 is 30.1 Å². The Morgan fingerprint density at radius 1 is 0.923 bits per heavy atom. The highest BCUT2D eigenvalue weighted by atomic mass is 32.4. The van der Waals surface area contributed by atoms with Gasteiger partial charge in [0.2, 0.25) is 0 Å². The van der Waals surface area contributed by atoms with E-state index in [0.29, 0.717) is 36.9 Å². The number of carbonyl (C=O) groups excluding carboxylic acids is 2. The molecule has 2 aromatic carbocycles. The maximum atomic E-state index is 13.2. The minimum absolute atomic E-state index is 0.173. The molecule has 2 aromatic rings. The molecule has 2 unspecified atom stereocenters. The van der Waals surface area contributed by atoms with Crippen molar-refractivity contribution in [3.05, 3.63) is 71.8 Å². The molecule has 4 fully saturated rings. The normalized spacial score (nSPS) is 27.4. The van der Waals surface area contributed by atoms with Crippen LogP contribution in [0, 0.1) is 17.8 Å². The first kappa shape index (κ1) is 28.3. The van der Waals surface area contributed by atoms with E-state index in [1.807, 2.05) is 67.6 Å². The molecule has 2 atom stereocenters. The summed E-state index contributed by atoms with van der Waals surface area (Å²) >= 11 is 6.47. The first-order chi connectivity index (χ1) is 18.8. The molecule has 8 heteroatoms. The van der Waals surface area contributed by atoms with Crippen molar-refractivity contribution in [3.8, 4) is 0 Å². The van der Waals surface area contributed by atoms with Crippen LogP contribution in [0.4, 0.5) is 4.79 Å². The molecule has 0 aliphatic heterocycles. The molecule has 1 amide bonds. The zero-order chi connectivity index (χ0) is 27.3. The van der Waals surface area contributed by atoms with E-state index >= 15 is 0 Å². The van der Waals surface area contributed by atoms with Crippen LogP contribution in [0.1, 0.15) is 63.0 Å². The zero-order valence-electron chi connectivity index (χ0n) is 22.8. The predicted octanol–water partition coefficient (Wildman–Crippen LogP) is 6.81. The SMILES string of the molecule is CCOC(=O)CCP(=S)(OC12CC3CC(CC(C3)C1)C2)C(Cc1ccccc1)NC(=O)OCc1ccccc1. The molecule has 39 heavy (non-hydrogen) atoms. The fraction of sp³-hybridized carbons (Fsp3) is 0.548. The largest absolute Gasteiger partial charge is 0.466 e. The van der Waals surface area contributed by atoms with Crippen LogP contribution >= 0.6 is 6.26 Å². The first-order valence-electron chi connectivity index (χ1n) is 14.3. The molecule has 0 heterocycles. The minimum atomic E-state index is -2.75. The van der Waals surface area contributed by atoms with Crippen molar-refractivity contribution < 1.29 is 23.6 Å². The van der Waals surface area contributed by atoms with E-state index < -0.39 is 18.1 Å². The molecule has 6 nitrogen and oxygen atoms in total. The number of hydrogen-bond donors (Lipinski definition) is 1. The van der Waals surface area contributed by atoms with Gasteiger partial charge in [-0.3, -0.25) is 4.79 Å². The van der Waals surface area contributed by atoms with Crippen molar-refractivity contribution in [2.75, 3.05) is 12.8 Å². The highest BCUT2D eigenvalue weighted by Crippen LogP contribution is 2.65. The van der Waals surface area contributed by atoms with Gasteiger partial charge in [-0.15, -0.1) is 0 Å². The fourth-order valence-corrected chi connectivity index (χ4v) is 11.1. The summed E-state index contributed by atoms with van der Waals surface area (Å²) in [4.78, 5) is 25.7. The second-order valence-electron chi connectivity index (χ2n) is 11.6. The maximum absolute atomic E-state index is 13.2. The van der Waals surface area contributed by atoms with Gasteiger partial charge >= 0.3 is 12.1 Å². The zero-order valence-corrected chi connectivity index (χ0v) is 24.5. The van der Waals surface area contributed by atoms with Crippen LogP contribution in [0.3, 0.4) is 0 Å². The lowest BCUT2D eigenvalue weighted by Gasteiger charge is -2.57. The van der Waals surface area contributed by atoms with Gasteiger partial charge in [0.05, 0.1) is 30.7 Å². The second kappa shape index (κ2) is 12.5. The van der Waals surface area contributed by atoms with Gasteiger partial charge in [0, 0.05) is 6.16 Å². The second-order valence-corrected chi connectivity index (χ2v) is 16.2. The van der Waals surface area contributed by atoms with E-state index in [1.54, 1.807) is 0 Å². The summed E-state index contributed by atoms with van der Waals surface area (Å²) in [5.41, 5.74) is 1.73. The van der Waals surface area contributed by atoms with E-state index in [9.17, 15) is 9.59 Å². The average Bonchev–Trinajstić information content (AvgIpc) is 2.91. The van der Waals surface area contributed by atoms with Crippen molar-refractivity contribution in [1.82, 2.24) is 5.32 Å². The van der Waals surface area contributed by atoms with Crippen LogP contribution in [-0.2, 0) is 43.6 Å². The van der Waals surface area contributed by atoms with Gasteiger partial charge < -0.3 is 19.3 Å². The first-order valence-corrected chi connectivity index (χ1v) is 17.3. The standard InChI is InChI=1S/C31H40NO5PS/c1-2-35-29(33)13-14-38(39,37-31-19-25-15-26(20-31)17-27(16-25)21-31)28(18-23-9-5-3-6-10-23)32-30(34)36-22-24-11-7-4-8-12-24/h3-12,25-28H,2,13-22H2,1H3,(H,32,34). The number of carbonyl (C=O) groups is 2.